The standard InChI is InChI=1S/C13H12ClN5/c1-9(14)13-18-11-6-15-5-3-12(11)19(13)7-10-2-4-16-8-17-10/h2-6,8-9H,7H2,1H3. The van der Waals surface area contributed by atoms with Gasteiger partial charge in [-0.2, -0.15) is 0 Å². The van der Waals surface area contributed by atoms with Gasteiger partial charge in [0.25, 0.3) is 0 Å². The second-order valence-electron chi connectivity index (χ2n) is 4.24. The summed E-state index contributed by atoms with van der Waals surface area (Å²) >= 11 is 6.21. The van der Waals surface area contributed by atoms with E-state index in [1.165, 1.54) is 0 Å². The Kier molecular flexibility index (Phi) is 3.13. The molecule has 0 bridgehead atoms. The average Bonchev–Trinajstić information content (AvgIpc) is 2.79. The van der Waals surface area contributed by atoms with Crippen molar-refractivity contribution in [1.29, 1.82) is 0 Å². The molecular formula is C13H12ClN5. The van der Waals surface area contributed by atoms with Gasteiger partial charge in [0.05, 0.1) is 29.3 Å². The zero-order valence-corrected chi connectivity index (χ0v) is 11.1. The van der Waals surface area contributed by atoms with Crippen molar-refractivity contribution in [1.82, 2.24) is 24.5 Å². The van der Waals surface area contributed by atoms with Crippen LogP contribution in [0.3, 0.4) is 0 Å². The number of aromatic nitrogens is 5. The molecule has 3 aromatic heterocycles. The van der Waals surface area contributed by atoms with Gasteiger partial charge in [0.1, 0.15) is 17.7 Å². The largest absolute Gasteiger partial charge is 0.321 e. The predicted molar refractivity (Wildman–Crippen MR) is 72.9 cm³/mol. The lowest BCUT2D eigenvalue weighted by atomic mass is 10.3. The highest BCUT2D eigenvalue weighted by Gasteiger charge is 2.15. The number of rotatable bonds is 3. The summed E-state index contributed by atoms with van der Waals surface area (Å²) in [5.41, 5.74) is 2.78. The van der Waals surface area contributed by atoms with Gasteiger partial charge in [-0.25, -0.2) is 15.0 Å². The molecule has 0 amide bonds. The zero-order valence-electron chi connectivity index (χ0n) is 10.4. The van der Waals surface area contributed by atoms with Gasteiger partial charge >= 0.3 is 0 Å². The van der Waals surface area contributed by atoms with Gasteiger partial charge in [-0.05, 0) is 19.1 Å². The Morgan fingerprint density at radius 1 is 1.26 bits per heavy atom. The van der Waals surface area contributed by atoms with Crippen molar-refractivity contribution in [3.63, 3.8) is 0 Å². The van der Waals surface area contributed by atoms with Gasteiger partial charge in [0.2, 0.25) is 0 Å². The molecule has 0 saturated carbocycles. The van der Waals surface area contributed by atoms with Crippen molar-refractivity contribution in [3.05, 3.63) is 48.6 Å². The highest BCUT2D eigenvalue weighted by Crippen LogP contribution is 2.24. The van der Waals surface area contributed by atoms with Crippen LogP contribution < -0.4 is 0 Å². The Labute approximate surface area is 115 Å². The first-order valence-electron chi connectivity index (χ1n) is 5.95. The lowest BCUT2D eigenvalue weighted by Gasteiger charge is -2.09. The Balaban J connectivity index is 2.12. The van der Waals surface area contributed by atoms with Gasteiger partial charge in [0.15, 0.2) is 0 Å². The summed E-state index contributed by atoms with van der Waals surface area (Å²) in [6.07, 6.45) is 6.77. The molecule has 0 aromatic carbocycles. The fourth-order valence-electron chi connectivity index (χ4n) is 2.04. The number of hydrogen-bond acceptors (Lipinski definition) is 4. The number of fused-ring (bicyclic) bond motifs is 1. The molecule has 3 heterocycles. The Morgan fingerprint density at radius 3 is 2.84 bits per heavy atom. The molecular weight excluding hydrogens is 262 g/mol. The molecule has 0 fully saturated rings. The summed E-state index contributed by atoms with van der Waals surface area (Å²) < 4.78 is 2.07. The lowest BCUT2D eigenvalue weighted by molar-refractivity contribution is 0.725. The summed E-state index contributed by atoms with van der Waals surface area (Å²) in [5.74, 6) is 0.822. The molecule has 3 aromatic rings. The van der Waals surface area contributed by atoms with Crippen molar-refractivity contribution < 1.29 is 0 Å². The number of halogens is 1. The van der Waals surface area contributed by atoms with Crippen molar-refractivity contribution in [2.75, 3.05) is 0 Å². The number of imidazole rings is 1. The van der Waals surface area contributed by atoms with Crippen LogP contribution in [0.15, 0.2) is 37.1 Å². The zero-order chi connectivity index (χ0) is 13.2. The SMILES string of the molecule is CC(Cl)c1nc2cnccc2n1Cc1ccncn1. The third-order valence-electron chi connectivity index (χ3n) is 2.90. The minimum atomic E-state index is -0.172. The van der Waals surface area contributed by atoms with Gasteiger partial charge < -0.3 is 4.57 Å². The number of alkyl halides is 1. The van der Waals surface area contributed by atoms with Crippen LogP contribution in [0.5, 0.6) is 0 Å². The molecule has 0 radical (unpaired) electrons. The van der Waals surface area contributed by atoms with Crippen LogP contribution >= 0.6 is 11.6 Å². The molecule has 0 aliphatic carbocycles. The van der Waals surface area contributed by atoms with Gasteiger partial charge in [-0.1, -0.05) is 0 Å². The minimum absolute atomic E-state index is 0.172. The topological polar surface area (TPSA) is 56.5 Å². The maximum atomic E-state index is 6.21. The van der Waals surface area contributed by atoms with Gasteiger partial charge in [-0.3, -0.25) is 4.98 Å². The molecule has 1 unspecified atom stereocenters. The number of nitrogens with zero attached hydrogens (tertiary/aromatic N) is 5. The molecule has 0 saturated heterocycles. The van der Waals surface area contributed by atoms with Crippen LogP contribution in [0.4, 0.5) is 0 Å². The second kappa shape index (κ2) is 4.93. The molecule has 0 aliphatic heterocycles. The van der Waals surface area contributed by atoms with Crippen LogP contribution in [-0.4, -0.2) is 24.5 Å². The van der Waals surface area contributed by atoms with Crippen molar-refractivity contribution in [3.8, 4) is 0 Å². The highest BCUT2D eigenvalue weighted by molar-refractivity contribution is 6.20. The smallest absolute Gasteiger partial charge is 0.128 e. The van der Waals surface area contributed by atoms with Crippen LogP contribution in [0.1, 0.15) is 23.8 Å². The third-order valence-corrected chi connectivity index (χ3v) is 3.09. The normalized spacial score (nSPS) is 12.7. The second-order valence-corrected chi connectivity index (χ2v) is 4.89. The molecule has 3 rings (SSSR count). The number of pyridine rings is 1. The molecule has 0 N–H and O–H groups in total. The first-order valence-corrected chi connectivity index (χ1v) is 6.38. The van der Waals surface area contributed by atoms with E-state index in [-0.39, 0.29) is 5.38 Å². The first kappa shape index (κ1) is 12.0. The van der Waals surface area contributed by atoms with Crippen LogP contribution in [0, 0.1) is 0 Å². The Hall–Kier alpha value is -2.01. The van der Waals surface area contributed by atoms with Crippen molar-refractivity contribution >= 4 is 22.6 Å². The fraction of sp³-hybridized carbons (Fsp3) is 0.231. The van der Waals surface area contributed by atoms with Crippen molar-refractivity contribution in [2.24, 2.45) is 0 Å². The van der Waals surface area contributed by atoms with E-state index in [0.29, 0.717) is 6.54 Å². The first-order chi connectivity index (χ1) is 9.25. The monoisotopic (exact) mass is 273 g/mol. The summed E-state index contributed by atoms with van der Waals surface area (Å²) in [6, 6.07) is 3.82. The fourth-order valence-corrected chi connectivity index (χ4v) is 2.21. The van der Waals surface area contributed by atoms with E-state index in [4.69, 9.17) is 11.6 Å². The molecule has 19 heavy (non-hydrogen) atoms. The van der Waals surface area contributed by atoms with Gasteiger partial charge in [-0.15, -0.1) is 11.6 Å². The molecule has 1 atom stereocenters. The van der Waals surface area contributed by atoms with E-state index >= 15 is 0 Å². The van der Waals surface area contributed by atoms with E-state index in [1.54, 1.807) is 24.9 Å². The molecule has 96 valence electrons. The highest BCUT2D eigenvalue weighted by atomic mass is 35.5. The molecule has 0 spiro atoms. The van der Waals surface area contributed by atoms with E-state index in [0.717, 1.165) is 22.6 Å². The average molecular weight is 274 g/mol. The maximum absolute atomic E-state index is 6.21. The lowest BCUT2D eigenvalue weighted by Crippen LogP contribution is -2.07. The summed E-state index contributed by atoms with van der Waals surface area (Å²) in [6.45, 7) is 2.53. The van der Waals surface area contributed by atoms with Crippen LogP contribution in [0.2, 0.25) is 0 Å². The Morgan fingerprint density at radius 2 is 2.11 bits per heavy atom. The molecule has 0 aliphatic rings. The Bertz CT molecular complexity index is 693. The van der Waals surface area contributed by atoms with Crippen molar-refractivity contribution in [2.45, 2.75) is 18.8 Å². The number of hydrogen-bond donors (Lipinski definition) is 0. The summed E-state index contributed by atoms with van der Waals surface area (Å²) in [4.78, 5) is 16.8. The summed E-state index contributed by atoms with van der Waals surface area (Å²) in [7, 11) is 0. The summed E-state index contributed by atoms with van der Waals surface area (Å²) in [5, 5.41) is -0.172. The van der Waals surface area contributed by atoms with Crippen LogP contribution in [0.25, 0.3) is 11.0 Å². The third kappa shape index (κ3) is 2.29. The van der Waals surface area contributed by atoms with Gasteiger partial charge in [0, 0.05) is 12.4 Å². The van der Waals surface area contributed by atoms with E-state index in [2.05, 4.69) is 24.5 Å². The van der Waals surface area contributed by atoms with E-state index in [1.807, 2.05) is 19.1 Å². The van der Waals surface area contributed by atoms with E-state index < -0.39 is 0 Å². The predicted octanol–water partition coefficient (Wildman–Crippen LogP) is 2.57. The quantitative estimate of drug-likeness (QED) is 0.688. The van der Waals surface area contributed by atoms with E-state index in [9.17, 15) is 0 Å². The molecule has 5 nitrogen and oxygen atoms in total. The van der Waals surface area contributed by atoms with Crippen LogP contribution in [-0.2, 0) is 6.54 Å². The maximum Gasteiger partial charge on any atom is 0.128 e. The molecule has 6 heteroatoms. The minimum Gasteiger partial charge on any atom is -0.321 e.